The Morgan fingerprint density at radius 1 is 1.18 bits per heavy atom. The summed E-state index contributed by atoms with van der Waals surface area (Å²) in [6.07, 6.45) is 3.33. The summed E-state index contributed by atoms with van der Waals surface area (Å²) >= 11 is 0. The molecule has 1 atom stereocenters. The maximum atomic E-state index is 11.7. The van der Waals surface area contributed by atoms with Gasteiger partial charge in [0.2, 0.25) is 7.37 Å². The molecule has 0 radical (unpaired) electrons. The minimum atomic E-state index is -2.22. The van der Waals surface area contributed by atoms with Crippen LogP contribution < -0.4 is 0 Å². The average Bonchev–Trinajstić information content (AvgIpc) is 2.02. The van der Waals surface area contributed by atoms with Gasteiger partial charge in [0, 0.05) is 12.3 Å². The Morgan fingerprint density at radius 2 is 1.82 bits per heavy atom. The van der Waals surface area contributed by atoms with E-state index in [4.69, 9.17) is 4.52 Å². The van der Waals surface area contributed by atoms with Crippen molar-refractivity contribution in [3.63, 3.8) is 0 Å². The molecule has 0 saturated carbocycles. The molecule has 0 aliphatic heterocycles. The van der Waals surface area contributed by atoms with Crippen molar-refractivity contribution in [2.75, 3.05) is 18.9 Å². The van der Waals surface area contributed by atoms with Gasteiger partial charge in [-0.1, -0.05) is 20.8 Å². The molecule has 11 heavy (non-hydrogen) atoms. The molecule has 0 heterocycles. The topological polar surface area (TPSA) is 26.3 Å². The first kappa shape index (κ1) is 11.2. The smallest absolute Gasteiger partial charge is 0.202 e. The Bertz CT molecular complexity index is 134. The van der Waals surface area contributed by atoms with Gasteiger partial charge in [-0.25, -0.2) is 0 Å². The third-order valence-corrected chi connectivity index (χ3v) is 4.32. The van der Waals surface area contributed by atoms with Gasteiger partial charge in [-0.15, -0.1) is 0 Å². The lowest BCUT2D eigenvalue weighted by molar-refractivity contribution is 0.313. The first-order valence-corrected chi connectivity index (χ1v) is 6.40. The van der Waals surface area contributed by atoms with Crippen molar-refractivity contribution in [3.8, 4) is 0 Å². The molecule has 68 valence electrons. The van der Waals surface area contributed by atoms with E-state index in [1.54, 1.807) is 0 Å². The Kier molecular flexibility index (Phi) is 5.89. The zero-order valence-electron chi connectivity index (χ0n) is 7.80. The lowest BCUT2D eigenvalue weighted by Gasteiger charge is -2.14. The van der Waals surface area contributed by atoms with Crippen molar-refractivity contribution < 1.29 is 9.09 Å². The Labute approximate surface area is 69.8 Å². The molecule has 0 aromatic heterocycles. The molecule has 0 aromatic carbocycles. The standard InChI is InChI=1S/C8H19O2P/c1-4-7-10-11(9,6-3)8-5-2/h4-8H2,1-3H3. The first-order valence-electron chi connectivity index (χ1n) is 4.41. The summed E-state index contributed by atoms with van der Waals surface area (Å²) in [4.78, 5) is 0. The van der Waals surface area contributed by atoms with Gasteiger partial charge in [-0.3, -0.25) is 4.57 Å². The summed E-state index contributed by atoms with van der Waals surface area (Å²) in [5, 5.41) is 0. The lowest BCUT2D eigenvalue weighted by Crippen LogP contribution is -1.98. The first-order chi connectivity index (χ1) is 5.18. The van der Waals surface area contributed by atoms with E-state index in [9.17, 15) is 4.57 Å². The molecule has 0 amide bonds. The van der Waals surface area contributed by atoms with Crippen molar-refractivity contribution >= 4 is 7.37 Å². The van der Waals surface area contributed by atoms with Crippen molar-refractivity contribution in [1.82, 2.24) is 0 Å². The molecule has 0 N–H and O–H groups in total. The van der Waals surface area contributed by atoms with Crippen LogP contribution in [0, 0.1) is 0 Å². The van der Waals surface area contributed by atoms with E-state index in [1.165, 1.54) is 0 Å². The van der Waals surface area contributed by atoms with Gasteiger partial charge in [0.15, 0.2) is 0 Å². The van der Waals surface area contributed by atoms with Crippen LogP contribution in [-0.4, -0.2) is 18.9 Å². The molecule has 2 nitrogen and oxygen atoms in total. The summed E-state index contributed by atoms with van der Waals surface area (Å²) in [5.74, 6) is 0. The third kappa shape index (κ3) is 4.60. The summed E-state index contributed by atoms with van der Waals surface area (Å²) in [6.45, 7) is 6.65. The fourth-order valence-corrected chi connectivity index (χ4v) is 2.74. The van der Waals surface area contributed by atoms with Crippen LogP contribution in [-0.2, 0) is 9.09 Å². The summed E-state index contributed by atoms with van der Waals surface area (Å²) in [6, 6.07) is 0. The molecule has 0 saturated heterocycles. The molecule has 0 rings (SSSR count). The molecule has 0 spiro atoms. The van der Waals surface area contributed by atoms with E-state index in [0.29, 0.717) is 12.8 Å². The molecule has 0 aliphatic rings. The molecule has 0 bridgehead atoms. The number of rotatable bonds is 6. The molecule has 3 heteroatoms. The number of hydrogen-bond acceptors (Lipinski definition) is 2. The predicted molar refractivity (Wildman–Crippen MR) is 49.5 cm³/mol. The quantitative estimate of drug-likeness (QED) is 0.584. The fraction of sp³-hybridized carbons (Fsp3) is 1.00. The maximum Gasteiger partial charge on any atom is 0.202 e. The zero-order valence-corrected chi connectivity index (χ0v) is 8.69. The van der Waals surface area contributed by atoms with Crippen LogP contribution in [0.15, 0.2) is 0 Å². The van der Waals surface area contributed by atoms with Gasteiger partial charge in [0.05, 0.1) is 6.61 Å². The monoisotopic (exact) mass is 178 g/mol. The molecule has 0 aliphatic carbocycles. The summed E-state index contributed by atoms with van der Waals surface area (Å²) < 4.78 is 17.0. The second kappa shape index (κ2) is 5.79. The normalized spacial score (nSPS) is 16.3. The van der Waals surface area contributed by atoms with Gasteiger partial charge in [-0.05, 0) is 12.8 Å². The summed E-state index contributed by atoms with van der Waals surface area (Å²) in [7, 11) is -2.22. The summed E-state index contributed by atoms with van der Waals surface area (Å²) in [5.41, 5.74) is 0. The molecule has 0 fully saturated rings. The largest absolute Gasteiger partial charge is 0.328 e. The van der Waals surface area contributed by atoms with Crippen molar-refractivity contribution in [2.45, 2.75) is 33.6 Å². The fourth-order valence-electron chi connectivity index (χ4n) is 0.912. The number of hydrogen-bond donors (Lipinski definition) is 0. The highest BCUT2D eigenvalue weighted by Gasteiger charge is 2.17. The Hall–Kier alpha value is 0.190. The molecular weight excluding hydrogens is 159 g/mol. The lowest BCUT2D eigenvalue weighted by atomic mass is 10.5. The third-order valence-electron chi connectivity index (χ3n) is 1.58. The molecule has 1 unspecified atom stereocenters. The predicted octanol–water partition coefficient (Wildman–Crippen LogP) is 3.12. The van der Waals surface area contributed by atoms with Gasteiger partial charge in [0.1, 0.15) is 0 Å². The minimum Gasteiger partial charge on any atom is -0.328 e. The SMILES string of the molecule is CCCOP(=O)(CC)CCC. The second-order valence-electron chi connectivity index (χ2n) is 2.69. The van der Waals surface area contributed by atoms with E-state index in [2.05, 4.69) is 0 Å². The Morgan fingerprint density at radius 3 is 2.18 bits per heavy atom. The maximum absolute atomic E-state index is 11.7. The van der Waals surface area contributed by atoms with E-state index in [1.807, 2.05) is 20.8 Å². The highest BCUT2D eigenvalue weighted by molar-refractivity contribution is 7.58. The van der Waals surface area contributed by atoms with Gasteiger partial charge >= 0.3 is 0 Å². The second-order valence-corrected chi connectivity index (χ2v) is 5.65. The average molecular weight is 178 g/mol. The Balaban J connectivity index is 3.79. The highest BCUT2D eigenvalue weighted by atomic mass is 31.2. The van der Waals surface area contributed by atoms with Crippen LogP contribution in [0.3, 0.4) is 0 Å². The van der Waals surface area contributed by atoms with Gasteiger partial charge in [0.25, 0.3) is 0 Å². The van der Waals surface area contributed by atoms with E-state index >= 15 is 0 Å². The zero-order chi connectivity index (χ0) is 8.74. The van der Waals surface area contributed by atoms with Crippen LogP contribution in [0.25, 0.3) is 0 Å². The van der Waals surface area contributed by atoms with E-state index < -0.39 is 7.37 Å². The van der Waals surface area contributed by atoms with Crippen LogP contribution in [0.4, 0.5) is 0 Å². The highest BCUT2D eigenvalue weighted by Crippen LogP contribution is 2.46. The van der Waals surface area contributed by atoms with Gasteiger partial charge < -0.3 is 4.52 Å². The van der Waals surface area contributed by atoms with Crippen molar-refractivity contribution in [3.05, 3.63) is 0 Å². The van der Waals surface area contributed by atoms with Crippen LogP contribution in [0.5, 0.6) is 0 Å². The van der Waals surface area contributed by atoms with Crippen LogP contribution in [0.1, 0.15) is 33.6 Å². The van der Waals surface area contributed by atoms with Crippen LogP contribution >= 0.6 is 7.37 Å². The molecule has 0 aromatic rings. The van der Waals surface area contributed by atoms with Crippen LogP contribution in [0.2, 0.25) is 0 Å². The molecular formula is C8H19O2P. The minimum absolute atomic E-state index is 0.644. The van der Waals surface area contributed by atoms with Crippen molar-refractivity contribution in [2.24, 2.45) is 0 Å². The van der Waals surface area contributed by atoms with Crippen molar-refractivity contribution in [1.29, 1.82) is 0 Å². The van der Waals surface area contributed by atoms with E-state index in [-0.39, 0.29) is 0 Å². The van der Waals surface area contributed by atoms with Gasteiger partial charge in [-0.2, -0.15) is 0 Å². The van der Waals surface area contributed by atoms with E-state index in [0.717, 1.165) is 19.0 Å².